The summed E-state index contributed by atoms with van der Waals surface area (Å²) in [6.07, 6.45) is 4.14. The third-order valence-corrected chi connectivity index (χ3v) is 3.43. The minimum absolute atomic E-state index is 0.0305. The van der Waals surface area contributed by atoms with Gasteiger partial charge in [-0.1, -0.05) is 12.8 Å². The van der Waals surface area contributed by atoms with Crippen molar-refractivity contribution < 1.29 is 9.59 Å². The molecule has 0 aromatic carbocycles. The van der Waals surface area contributed by atoms with Gasteiger partial charge < -0.3 is 10.6 Å². The number of hydrogen-bond donors (Lipinski definition) is 2. The summed E-state index contributed by atoms with van der Waals surface area (Å²) < 4.78 is 1.53. The van der Waals surface area contributed by atoms with Crippen molar-refractivity contribution >= 4 is 17.6 Å². The summed E-state index contributed by atoms with van der Waals surface area (Å²) in [6.45, 7) is 2.41. The number of hydrogen-bond acceptors (Lipinski definition) is 3. The van der Waals surface area contributed by atoms with Gasteiger partial charge in [0.05, 0.1) is 0 Å². The third-order valence-electron chi connectivity index (χ3n) is 3.43. The first-order valence-electron chi connectivity index (χ1n) is 6.75. The van der Waals surface area contributed by atoms with Crippen molar-refractivity contribution in [2.24, 2.45) is 13.0 Å². The van der Waals surface area contributed by atoms with Crippen molar-refractivity contribution in [3.05, 3.63) is 11.8 Å². The molecule has 0 unspecified atom stereocenters. The van der Waals surface area contributed by atoms with E-state index >= 15 is 0 Å². The largest absolute Gasteiger partial charge is 0.351 e. The lowest BCUT2D eigenvalue weighted by molar-refractivity contribution is -0.119. The Bertz CT molecular complexity index is 475. The zero-order chi connectivity index (χ0) is 13.8. The zero-order valence-electron chi connectivity index (χ0n) is 11.4. The van der Waals surface area contributed by atoms with E-state index in [1.165, 1.54) is 4.68 Å². The average molecular weight is 264 g/mol. The molecule has 0 saturated heterocycles. The van der Waals surface area contributed by atoms with Crippen LogP contribution in [0.1, 0.15) is 43.1 Å². The van der Waals surface area contributed by atoms with E-state index in [1.54, 1.807) is 13.1 Å². The van der Waals surface area contributed by atoms with E-state index in [0.29, 0.717) is 18.1 Å². The first kappa shape index (κ1) is 13.6. The van der Waals surface area contributed by atoms with E-state index in [4.69, 9.17) is 0 Å². The molecular weight excluding hydrogens is 244 g/mol. The second kappa shape index (κ2) is 5.86. The Morgan fingerprint density at radius 3 is 2.74 bits per heavy atom. The van der Waals surface area contributed by atoms with Crippen LogP contribution in [0.15, 0.2) is 6.07 Å². The monoisotopic (exact) mass is 264 g/mol. The van der Waals surface area contributed by atoms with Crippen molar-refractivity contribution in [3.8, 4) is 0 Å². The van der Waals surface area contributed by atoms with Crippen LogP contribution in [0.3, 0.4) is 0 Å². The van der Waals surface area contributed by atoms with Gasteiger partial charge in [-0.15, -0.1) is 0 Å². The van der Waals surface area contributed by atoms with Gasteiger partial charge in [-0.25, -0.2) is 0 Å². The van der Waals surface area contributed by atoms with Gasteiger partial charge in [0.15, 0.2) is 5.69 Å². The van der Waals surface area contributed by atoms with Gasteiger partial charge in [-0.05, 0) is 19.8 Å². The van der Waals surface area contributed by atoms with Crippen molar-refractivity contribution in [3.63, 3.8) is 0 Å². The highest BCUT2D eigenvalue weighted by atomic mass is 16.2. The summed E-state index contributed by atoms with van der Waals surface area (Å²) in [7, 11) is 1.72. The maximum Gasteiger partial charge on any atom is 0.271 e. The predicted octanol–water partition coefficient (Wildman–Crippen LogP) is 1.30. The minimum Gasteiger partial charge on any atom is -0.351 e. The van der Waals surface area contributed by atoms with Crippen LogP contribution in [0.2, 0.25) is 0 Å². The molecule has 1 aromatic rings. The van der Waals surface area contributed by atoms with E-state index in [-0.39, 0.29) is 17.7 Å². The zero-order valence-corrected chi connectivity index (χ0v) is 11.4. The number of anilines is 1. The summed E-state index contributed by atoms with van der Waals surface area (Å²) in [5, 5.41) is 9.63. The molecule has 6 heteroatoms. The van der Waals surface area contributed by atoms with E-state index < -0.39 is 0 Å². The highest BCUT2D eigenvalue weighted by molar-refractivity contribution is 5.96. The van der Waals surface area contributed by atoms with Gasteiger partial charge in [0.1, 0.15) is 5.82 Å². The van der Waals surface area contributed by atoms with Crippen molar-refractivity contribution in [1.82, 2.24) is 15.1 Å². The average Bonchev–Trinajstić information content (AvgIpc) is 3.00. The fraction of sp³-hybridized carbons (Fsp3) is 0.615. The molecule has 104 valence electrons. The van der Waals surface area contributed by atoms with E-state index in [1.807, 2.05) is 6.92 Å². The second-order valence-electron chi connectivity index (χ2n) is 4.87. The summed E-state index contributed by atoms with van der Waals surface area (Å²) in [5.41, 5.74) is 0.325. The van der Waals surface area contributed by atoms with Gasteiger partial charge in [-0.3, -0.25) is 14.3 Å². The first-order valence-corrected chi connectivity index (χ1v) is 6.75. The van der Waals surface area contributed by atoms with E-state index in [0.717, 1.165) is 25.7 Å². The van der Waals surface area contributed by atoms with Crippen molar-refractivity contribution in [1.29, 1.82) is 0 Å². The Morgan fingerprint density at radius 1 is 1.42 bits per heavy atom. The number of amides is 2. The van der Waals surface area contributed by atoms with Gasteiger partial charge >= 0.3 is 0 Å². The molecule has 0 bridgehead atoms. The molecule has 0 spiro atoms. The van der Waals surface area contributed by atoms with Crippen LogP contribution in [0, 0.1) is 5.92 Å². The van der Waals surface area contributed by atoms with Crippen LogP contribution in [-0.4, -0.2) is 28.1 Å². The number of nitrogens with zero attached hydrogens (tertiary/aromatic N) is 2. The lowest BCUT2D eigenvalue weighted by Gasteiger charge is -2.09. The molecule has 0 atom stereocenters. The molecule has 1 heterocycles. The standard InChI is InChI=1S/C13H20N4O2/c1-3-14-13(19)10-8-11(17(2)16-10)15-12(18)9-6-4-5-7-9/h8-9H,3-7H2,1-2H3,(H,14,19)(H,15,18). The highest BCUT2D eigenvalue weighted by Crippen LogP contribution is 2.26. The Morgan fingerprint density at radius 2 is 2.11 bits per heavy atom. The van der Waals surface area contributed by atoms with Crippen LogP contribution >= 0.6 is 0 Å². The number of carbonyl (C=O) groups is 2. The highest BCUT2D eigenvalue weighted by Gasteiger charge is 2.23. The second-order valence-corrected chi connectivity index (χ2v) is 4.87. The molecule has 0 aliphatic heterocycles. The summed E-state index contributed by atoms with van der Waals surface area (Å²) in [6, 6.07) is 1.61. The molecule has 0 radical (unpaired) electrons. The van der Waals surface area contributed by atoms with Crippen LogP contribution in [-0.2, 0) is 11.8 Å². The number of aryl methyl sites for hydroxylation is 1. The smallest absolute Gasteiger partial charge is 0.271 e. The fourth-order valence-corrected chi connectivity index (χ4v) is 2.36. The molecule has 1 fully saturated rings. The molecule has 1 aromatic heterocycles. The number of carbonyl (C=O) groups excluding carboxylic acids is 2. The van der Waals surface area contributed by atoms with Gasteiger partial charge in [0.25, 0.3) is 5.91 Å². The Hall–Kier alpha value is -1.85. The van der Waals surface area contributed by atoms with Gasteiger partial charge in [-0.2, -0.15) is 5.10 Å². The van der Waals surface area contributed by atoms with Crippen molar-refractivity contribution in [2.45, 2.75) is 32.6 Å². The Kier molecular flexibility index (Phi) is 4.19. The van der Waals surface area contributed by atoms with Crippen LogP contribution in [0.5, 0.6) is 0 Å². The molecule has 2 amide bonds. The maximum atomic E-state index is 12.0. The summed E-state index contributed by atoms with van der Waals surface area (Å²) in [5.74, 6) is 0.475. The number of aromatic nitrogens is 2. The molecule has 19 heavy (non-hydrogen) atoms. The molecule has 1 aliphatic rings. The molecule has 1 saturated carbocycles. The first-order chi connectivity index (χ1) is 9.11. The molecule has 2 rings (SSSR count). The Labute approximate surface area is 112 Å². The normalized spacial score (nSPS) is 15.5. The lowest BCUT2D eigenvalue weighted by atomic mass is 10.1. The molecule has 2 N–H and O–H groups in total. The predicted molar refractivity (Wildman–Crippen MR) is 71.8 cm³/mol. The summed E-state index contributed by atoms with van der Waals surface area (Å²) in [4.78, 5) is 23.7. The van der Waals surface area contributed by atoms with E-state index in [9.17, 15) is 9.59 Å². The molecular formula is C13H20N4O2. The Balaban J connectivity index is 2.04. The maximum absolute atomic E-state index is 12.0. The molecule has 6 nitrogen and oxygen atoms in total. The lowest BCUT2D eigenvalue weighted by Crippen LogP contribution is -2.23. The van der Waals surface area contributed by atoms with Gasteiger partial charge in [0.2, 0.25) is 5.91 Å². The van der Waals surface area contributed by atoms with Crippen molar-refractivity contribution in [2.75, 3.05) is 11.9 Å². The van der Waals surface area contributed by atoms with Crippen LogP contribution < -0.4 is 10.6 Å². The topological polar surface area (TPSA) is 76.0 Å². The fourth-order valence-electron chi connectivity index (χ4n) is 2.36. The van der Waals surface area contributed by atoms with Crippen LogP contribution in [0.25, 0.3) is 0 Å². The molecule has 1 aliphatic carbocycles. The SMILES string of the molecule is CCNC(=O)c1cc(NC(=O)C2CCCC2)n(C)n1. The van der Waals surface area contributed by atoms with E-state index in [2.05, 4.69) is 15.7 Å². The third kappa shape index (κ3) is 3.13. The number of rotatable bonds is 4. The van der Waals surface area contributed by atoms with Gasteiger partial charge in [0, 0.05) is 25.6 Å². The quantitative estimate of drug-likeness (QED) is 0.860. The van der Waals surface area contributed by atoms with Crippen LogP contribution in [0.4, 0.5) is 5.82 Å². The number of nitrogens with one attached hydrogen (secondary N) is 2. The minimum atomic E-state index is -0.223. The summed E-state index contributed by atoms with van der Waals surface area (Å²) >= 11 is 0.